The van der Waals surface area contributed by atoms with Gasteiger partial charge in [0.15, 0.2) is 0 Å². The fourth-order valence-electron chi connectivity index (χ4n) is 4.15. The van der Waals surface area contributed by atoms with E-state index in [1.165, 1.54) is 0 Å². The Labute approximate surface area is 221 Å². The molecule has 4 rings (SSSR count). The molecule has 4 aromatic rings. The highest BCUT2D eigenvalue weighted by atomic mass is 35.5. The highest BCUT2D eigenvalue weighted by Crippen LogP contribution is 2.23. The molecule has 0 saturated heterocycles. The molecule has 188 valence electrons. The first-order valence-corrected chi connectivity index (χ1v) is 12.7. The summed E-state index contributed by atoms with van der Waals surface area (Å²) in [4.78, 5) is 25.6. The standard InChI is InChI=1S/C30H28ClN3O3/c31-24-13-15-25(16-14-24)37-18-6-2-1-5-17-33-30(36)29(35)27-21-34(28-8-4-3-7-26(27)28)20-23-11-9-22(19-32)10-12-23/h3-4,7-16,21H,1-2,5-6,17-18,20H2,(H,33,36). The summed E-state index contributed by atoms with van der Waals surface area (Å²) in [7, 11) is 0. The lowest BCUT2D eigenvalue weighted by atomic mass is 10.1. The van der Waals surface area contributed by atoms with Gasteiger partial charge in [0.1, 0.15) is 5.75 Å². The third-order valence-corrected chi connectivity index (χ3v) is 6.37. The van der Waals surface area contributed by atoms with Gasteiger partial charge in [-0.2, -0.15) is 5.26 Å². The van der Waals surface area contributed by atoms with Crippen molar-refractivity contribution < 1.29 is 14.3 Å². The number of carbonyl (C=O) groups excluding carboxylic acids is 2. The van der Waals surface area contributed by atoms with Gasteiger partial charge in [0.05, 0.1) is 23.8 Å². The Hall–Kier alpha value is -4.08. The van der Waals surface area contributed by atoms with Gasteiger partial charge in [0.2, 0.25) is 0 Å². The van der Waals surface area contributed by atoms with E-state index in [4.69, 9.17) is 21.6 Å². The fraction of sp³-hybridized carbons (Fsp3) is 0.233. The molecule has 7 heteroatoms. The molecule has 3 aromatic carbocycles. The minimum atomic E-state index is -0.590. The summed E-state index contributed by atoms with van der Waals surface area (Å²) in [5, 5.41) is 13.2. The predicted molar refractivity (Wildman–Crippen MR) is 145 cm³/mol. The van der Waals surface area contributed by atoms with E-state index in [2.05, 4.69) is 11.4 Å². The van der Waals surface area contributed by atoms with E-state index >= 15 is 0 Å². The van der Waals surface area contributed by atoms with Crippen molar-refractivity contribution in [1.29, 1.82) is 5.26 Å². The van der Waals surface area contributed by atoms with Crippen LogP contribution in [0.15, 0.2) is 79.0 Å². The Balaban J connectivity index is 1.25. The average molecular weight is 514 g/mol. The van der Waals surface area contributed by atoms with E-state index in [0.717, 1.165) is 47.9 Å². The number of unbranched alkanes of at least 4 members (excludes halogenated alkanes) is 3. The number of rotatable bonds is 12. The molecule has 1 heterocycles. The van der Waals surface area contributed by atoms with Crippen LogP contribution in [-0.2, 0) is 11.3 Å². The van der Waals surface area contributed by atoms with E-state index in [1.807, 2.05) is 53.1 Å². The fourth-order valence-corrected chi connectivity index (χ4v) is 4.27. The maximum absolute atomic E-state index is 13.0. The van der Waals surface area contributed by atoms with Gasteiger partial charge in [0.25, 0.3) is 11.7 Å². The van der Waals surface area contributed by atoms with Crippen LogP contribution in [0.4, 0.5) is 0 Å². The normalized spacial score (nSPS) is 10.7. The van der Waals surface area contributed by atoms with Gasteiger partial charge in [-0.3, -0.25) is 9.59 Å². The molecule has 0 aliphatic carbocycles. The minimum Gasteiger partial charge on any atom is -0.494 e. The van der Waals surface area contributed by atoms with Crippen LogP contribution < -0.4 is 10.1 Å². The van der Waals surface area contributed by atoms with Crippen molar-refractivity contribution in [3.05, 3.63) is 101 Å². The number of halogens is 1. The van der Waals surface area contributed by atoms with Crippen LogP contribution in [0.25, 0.3) is 10.9 Å². The van der Waals surface area contributed by atoms with Crippen molar-refractivity contribution in [3.63, 3.8) is 0 Å². The van der Waals surface area contributed by atoms with Gasteiger partial charge in [-0.25, -0.2) is 0 Å². The summed E-state index contributed by atoms with van der Waals surface area (Å²) in [6, 6.07) is 24.3. The van der Waals surface area contributed by atoms with Gasteiger partial charge in [-0.15, -0.1) is 0 Å². The zero-order valence-corrected chi connectivity index (χ0v) is 21.2. The van der Waals surface area contributed by atoms with Crippen LogP contribution in [0.5, 0.6) is 5.75 Å². The number of nitriles is 1. The first-order valence-electron chi connectivity index (χ1n) is 12.3. The molecule has 1 N–H and O–H groups in total. The van der Waals surface area contributed by atoms with Crippen molar-refractivity contribution in [3.8, 4) is 11.8 Å². The first kappa shape index (κ1) is 26.0. The third-order valence-electron chi connectivity index (χ3n) is 6.11. The van der Waals surface area contributed by atoms with Crippen LogP contribution in [0.3, 0.4) is 0 Å². The van der Waals surface area contributed by atoms with E-state index in [9.17, 15) is 9.59 Å². The number of para-hydroxylation sites is 1. The molecule has 0 aliphatic rings. The highest BCUT2D eigenvalue weighted by molar-refractivity contribution is 6.45. The maximum Gasteiger partial charge on any atom is 0.292 e. The first-order chi connectivity index (χ1) is 18.0. The lowest BCUT2D eigenvalue weighted by Crippen LogP contribution is -2.31. The Morgan fingerprint density at radius 1 is 0.919 bits per heavy atom. The highest BCUT2D eigenvalue weighted by Gasteiger charge is 2.21. The molecule has 0 bridgehead atoms. The second-order valence-corrected chi connectivity index (χ2v) is 9.23. The second-order valence-electron chi connectivity index (χ2n) is 8.80. The van der Waals surface area contributed by atoms with Crippen molar-refractivity contribution in [2.24, 2.45) is 0 Å². The second kappa shape index (κ2) is 12.8. The number of ether oxygens (including phenoxy) is 1. The van der Waals surface area contributed by atoms with Crippen LogP contribution in [0, 0.1) is 11.3 Å². The summed E-state index contributed by atoms with van der Waals surface area (Å²) in [5.74, 6) is -0.327. The number of fused-ring (bicyclic) bond motifs is 1. The number of ketones is 1. The number of hydrogen-bond donors (Lipinski definition) is 1. The van der Waals surface area contributed by atoms with Crippen LogP contribution >= 0.6 is 11.6 Å². The van der Waals surface area contributed by atoms with Crippen LogP contribution in [-0.4, -0.2) is 29.4 Å². The quantitative estimate of drug-likeness (QED) is 0.140. The molecule has 0 aliphatic heterocycles. The lowest BCUT2D eigenvalue weighted by Gasteiger charge is -2.07. The Morgan fingerprint density at radius 3 is 2.41 bits per heavy atom. The number of aromatic nitrogens is 1. The van der Waals surface area contributed by atoms with Crippen molar-refractivity contribution in [2.75, 3.05) is 13.2 Å². The van der Waals surface area contributed by atoms with E-state index in [-0.39, 0.29) is 0 Å². The summed E-state index contributed by atoms with van der Waals surface area (Å²) in [5.41, 5.74) is 2.87. The summed E-state index contributed by atoms with van der Waals surface area (Å²) >= 11 is 5.87. The van der Waals surface area contributed by atoms with E-state index in [0.29, 0.717) is 35.8 Å². The number of benzene rings is 3. The Morgan fingerprint density at radius 2 is 1.65 bits per heavy atom. The molecule has 0 radical (unpaired) electrons. The number of nitrogens with zero attached hydrogens (tertiary/aromatic N) is 2. The van der Waals surface area contributed by atoms with Gasteiger partial charge in [-0.05, 0) is 60.9 Å². The molecular formula is C30H28ClN3O3. The molecule has 0 saturated carbocycles. The Bertz CT molecular complexity index is 1400. The molecule has 0 atom stereocenters. The number of nitrogens with one attached hydrogen (secondary N) is 1. The predicted octanol–water partition coefficient (Wildman–Crippen LogP) is 6.15. The van der Waals surface area contributed by atoms with Crippen LogP contribution in [0.2, 0.25) is 5.02 Å². The number of Topliss-reactive ketones (excluding diaryl/α,β-unsaturated/α-hetero) is 1. The summed E-state index contributed by atoms with van der Waals surface area (Å²) in [6.45, 7) is 1.61. The van der Waals surface area contributed by atoms with Crippen molar-refractivity contribution >= 4 is 34.2 Å². The monoisotopic (exact) mass is 513 g/mol. The largest absolute Gasteiger partial charge is 0.494 e. The van der Waals surface area contributed by atoms with Crippen LogP contribution in [0.1, 0.15) is 47.2 Å². The zero-order valence-electron chi connectivity index (χ0n) is 20.5. The van der Waals surface area contributed by atoms with E-state index in [1.54, 1.807) is 30.5 Å². The van der Waals surface area contributed by atoms with Crippen molar-refractivity contribution in [1.82, 2.24) is 9.88 Å². The summed E-state index contributed by atoms with van der Waals surface area (Å²) in [6.07, 6.45) is 5.35. The molecule has 6 nitrogen and oxygen atoms in total. The van der Waals surface area contributed by atoms with Gasteiger partial charge < -0.3 is 14.6 Å². The molecule has 0 fully saturated rings. The van der Waals surface area contributed by atoms with Gasteiger partial charge in [-0.1, -0.05) is 54.8 Å². The zero-order chi connectivity index (χ0) is 26.0. The average Bonchev–Trinajstić information content (AvgIpc) is 3.29. The number of carbonyl (C=O) groups is 2. The molecule has 1 amide bonds. The lowest BCUT2D eigenvalue weighted by molar-refractivity contribution is -0.117. The molecule has 0 spiro atoms. The minimum absolute atomic E-state index is 0.390. The number of hydrogen-bond acceptors (Lipinski definition) is 4. The van der Waals surface area contributed by atoms with Gasteiger partial charge in [0, 0.05) is 35.2 Å². The smallest absolute Gasteiger partial charge is 0.292 e. The number of amides is 1. The molecular weight excluding hydrogens is 486 g/mol. The van der Waals surface area contributed by atoms with E-state index < -0.39 is 11.7 Å². The molecule has 0 unspecified atom stereocenters. The summed E-state index contributed by atoms with van der Waals surface area (Å²) < 4.78 is 7.64. The molecule has 1 aromatic heterocycles. The third kappa shape index (κ3) is 6.99. The maximum atomic E-state index is 13.0. The molecule has 37 heavy (non-hydrogen) atoms. The van der Waals surface area contributed by atoms with Crippen molar-refractivity contribution in [2.45, 2.75) is 32.2 Å². The topological polar surface area (TPSA) is 84.1 Å². The SMILES string of the molecule is N#Cc1ccc(Cn2cc(C(=O)C(=O)NCCCCCCOc3ccc(Cl)cc3)c3ccccc32)cc1. The van der Waals surface area contributed by atoms with Gasteiger partial charge >= 0.3 is 0 Å². The Kier molecular flexibility index (Phi) is 8.96.